The lowest BCUT2D eigenvalue weighted by Gasteiger charge is -2.14. The molecule has 15 heavy (non-hydrogen) atoms. The maximum atomic E-state index is 12.6. The Kier molecular flexibility index (Phi) is 3.41. The van der Waals surface area contributed by atoms with E-state index in [4.69, 9.17) is 0 Å². The summed E-state index contributed by atoms with van der Waals surface area (Å²) in [7, 11) is 2.81. The van der Waals surface area contributed by atoms with Gasteiger partial charge in [-0.2, -0.15) is 13.2 Å². The van der Waals surface area contributed by atoms with Gasteiger partial charge >= 0.3 is 6.18 Å². The molecule has 0 radical (unpaired) electrons. The highest BCUT2D eigenvalue weighted by atomic mass is 19.4. The van der Waals surface area contributed by atoms with Crippen LogP contribution in [0.3, 0.4) is 0 Å². The van der Waals surface area contributed by atoms with Crippen LogP contribution in [0.2, 0.25) is 0 Å². The average molecular weight is 220 g/mol. The van der Waals surface area contributed by atoms with Crippen molar-refractivity contribution in [1.82, 2.24) is 0 Å². The first-order chi connectivity index (χ1) is 6.99. The summed E-state index contributed by atoms with van der Waals surface area (Å²) in [6, 6.07) is 3.84. The van der Waals surface area contributed by atoms with Gasteiger partial charge in [0, 0.05) is 12.7 Å². The number of anilines is 2. The molecule has 1 aromatic rings. The highest BCUT2D eigenvalue weighted by molar-refractivity contribution is 5.59. The molecule has 2 N–H and O–H groups in total. The van der Waals surface area contributed by atoms with E-state index in [-0.39, 0.29) is 5.69 Å². The number of hydrogen-bond acceptors (Lipinski definition) is 3. The Hall–Kier alpha value is -1.43. The van der Waals surface area contributed by atoms with Crippen LogP contribution in [-0.4, -0.2) is 14.2 Å². The van der Waals surface area contributed by atoms with Gasteiger partial charge in [0.05, 0.1) is 18.4 Å². The van der Waals surface area contributed by atoms with Gasteiger partial charge < -0.3 is 5.32 Å². The fourth-order valence-electron chi connectivity index (χ4n) is 1.13. The topological polar surface area (TPSA) is 33.3 Å². The van der Waals surface area contributed by atoms with E-state index < -0.39 is 11.7 Å². The Morgan fingerprint density at radius 2 is 1.93 bits per heavy atom. The Morgan fingerprint density at radius 3 is 2.40 bits per heavy atom. The molecule has 1 aromatic carbocycles. The van der Waals surface area contributed by atoms with Crippen molar-refractivity contribution in [3.05, 3.63) is 23.8 Å². The first kappa shape index (κ1) is 11.6. The van der Waals surface area contributed by atoms with E-state index in [2.05, 4.69) is 15.6 Å². The molecule has 0 spiro atoms. The predicted molar refractivity (Wildman–Crippen MR) is 51.6 cm³/mol. The van der Waals surface area contributed by atoms with Crippen molar-refractivity contribution in [2.75, 3.05) is 25.0 Å². The van der Waals surface area contributed by atoms with Crippen molar-refractivity contribution in [3.63, 3.8) is 0 Å². The lowest BCUT2D eigenvalue weighted by molar-refractivity contribution is -0.137. The maximum absolute atomic E-state index is 12.6. The van der Waals surface area contributed by atoms with Crippen molar-refractivity contribution >= 4 is 11.4 Å². The first-order valence-electron chi connectivity index (χ1n) is 4.17. The van der Waals surface area contributed by atoms with E-state index in [1.807, 2.05) is 0 Å². The highest BCUT2D eigenvalue weighted by Crippen LogP contribution is 2.36. The van der Waals surface area contributed by atoms with E-state index in [1.54, 1.807) is 7.05 Å². The molecule has 6 heteroatoms. The summed E-state index contributed by atoms with van der Waals surface area (Å²) in [5.74, 6) is 0. The van der Waals surface area contributed by atoms with E-state index >= 15 is 0 Å². The van der Waals surface area contributed by atoms with Crippen LogP contribution < -0.4 is 10.8 Å². The molecule has 0 heterocycles. The number of nitrogens with one attached hydrogen (secondary N) is 2. The molecule has 0 aliphatic carbocycles. The third-order valence-corrected chi connectivity index (χ3v) is 1.83. The highest BCUT2D eigenvalue weighted by Gasteiger charge is 2.33. The van der Waals surface area contributed by atoms with E-state index in [1.165, 1.54) is 19.2 Å². The number of rotatable bonds is 3. The summed E-state index contributed by atoms with van der Waals surface area (Å²) >= 11 is 0. The maximum Gasteiger partial charge on any atom is 0.418 e. The smallest absolute Gasteiger partial charge is 0.388 e. The van der Waals surface area contributed by atoms with Crippen LogP contribution in [0.5, 0.6) is 0 Å². The number of halogens is 3. The Bertz CT molecular complexity index is 339. The molecule has 3 nitrogen and oxygen atoms in total. The zero-order chi connectivity index (χ0) is 11.5. The second-order valence-electron chi connectivity index (χ2n) is 2.81. The van der Waals surface area contributed by atoms with E-state index in [0.717, 1.165) is 6.07 Å². The van der Waals surface area contributed by atoms with Crippen LogP contribution in [-0.2, 0) is 11.0 Å². The van der Waals surface area contributed by atoms with Crippen molar-refractivity contribution in [2.24, 2.45) is 0 Å². The van der Waals surface area contributed by atoms with Gasteiger partial charge in [0.1, 0.15) is 0 Å². The molecule has 0 aliphatic rings. The fourth-order valence-corrected chi connectivity index (χ4v) is 1.13. The molecule has 0 fully saturated rings. The number of benzene rings is 1. The summed E-state index contributed by atoms with van der Waals surface area (Å²) in [6.45, 7) is 0. The van der Waals surface area contributed by atoms with Crippen LogP contribution in [0.4, 0.5) is 24.5 Å². The average Bonchev–Trinajstić information content (AvgIpc) is 2.17. The molecule has 0 amide bonds. The minimum Gasteiger partial charge on any atom is -0.388 e. The van der Waals surface area contributed by atoms with Crippen molar-refractivity contribution < 1.29 is 18.0 Å². The molecule has 0 saturated carbocycles. The van der Waals surface area contributed by atoms with Gasteiger partial charge in [-0.25, -0.2) is 0 Å². The molecule has 0 unspecified atom stereocenters. The van der Waals surface area contributed by atoms with Gasteiger partial charge in [-0.3, -0.25) is 10.3 Å². The van der Waals surface area contributed by atoms with Gasteiger partial charge in [-0.15, -0.1) is 0 Å². The largest absolute Gasteiger partial charge is 0.418 e. The minimum absolute atomic E-state index is 0.107. The predicted octanol–water partition coefficient (Wildman–Crippen LogP) is 2.72. The van der Waals surface area contributed by atoms with E-state index in [9.17, 15) is 13.2 Å². The first-order valence-corrected chi connectivity index (χ1v) is 4.17. The van der Waals surface area contributed by atoms with Gasteiger partial charge in [0.15, 0.2) is 0 Å². The minimum atomic E-state index is -4.41. The molecule has 0 saturated heterocycles. The molecule has 0 bridgehead atoms. The summed E-state index contributed by atoms with van der Waals surface area (Å²) < 4.78 is 37.7. The monoisotopic (exact) mass is 220 g/mol. The van der Waals surface area contributed by atoms with Crippen LogP contribution >= 0.6 is 0 Å². The third kappa shape index (κ3) is 2.76. The normalized spacial score (nSPS) is 11.3. The zero-order valence-corrected chi connectivity index (χ0v) is 8.27. The van der Waals surface area contributed by atoms with Crippen LogP contribution in [0.15, 0.2) is 18.2 Å². The molecule has 1 rings (SSSR count). The van der Waals surface area contributed by atoms with Gasteiger partial charge in [0.2, 0.25) is 0 Å². The lowest BCUT2D eigenvalue weighted by Crippen LogP contribution is -2.10. The number of alkyl halides is 3. The molecular formula is C9H11F3N2O. The second-order valence-corrected chi connectivity index (χ2v) is 2.81. The quantitative estimate of drug-likeness (QED) is 0.768. The summed E-state index contributed by atoms with van der Waals surface area (Å²) in [6.07, 6.45) is -4.41. The van der Waals surface area contributed by atoms with Crippen LogP contribution in [0, 0.1) is 0 Å². The SMILES string of the molecule is CNc1ccc(NOC)c(C(F)(F)F)c1. The van der Waals surface area contributed by atoms with Gasteiger partial charge in [-0.1, -0.05) is 0 Å². The van der Waals surface area contributed by atoms with Crippen molar-refractivity contribution in [3.8, 4) is 0 Å². The Balaban J connectivity index is 3.16. The van der Waals surface area contributed by atoms with Crippen molar-refractivity contribution in [1.29, 1.82) is 0 Å². The molecule has 84 valence electrons. The standard InChI is InChI=1S/C9H11F3N2O/c1-13-6-3-4-8(14-15-2)7(5-6)9(10,11)12/h3-5,13-14H,1-2H3. The summed E-state index contributed by atoms with van der Waals surface area (Å²) in [4.78, 5) is 4.47. The van der Waals surface area contributed by atoms with Crippen molar-refractivity contribution in [2.45, 2.75) is 6.18 Å². The van der Waals surface area contributed by atoms with E-state index in [0.29, 0.717) is 5.69 Å². The third-order valence-electron chi connectivity index (χ3n) is 1.83. The molecule has 0 atom stereocenters. The lowest BCUT2D eigenvalue weighted by atomic mass is 10.1. The van der Waals surface area contributed by atoms with Gasteiger partial charge in [-0.05, 0) is 18.2 Å². The molecule has 0 aromatic heterocycles. The fraction of sp³-hybridized carbons (Fsp3) is 0.333. The molecule has 0 aliphatic heterocycles. The summed E-state index contributed by atoms with van der Waals surface area (Å²) in [5.41, 5.74) is 1.70. The van der Waals surface area contributed by atoms with Crippen LogP contribution in [0.1, 0.15) is 5.56 Å². The van der Waals surface area contributed by atoms with Crippen LogP contribution in [0.25, 0.3) is 0 Å². The Labute approximate surface area is 85.2 Å². The number of hydrogen-bond donors (Lipinski definition) is 2. The zero-order valence-electron chi connectivity index (χ0n) is 8.27. The molecular weight excluding hydrogens is 209 g/mol. The Morgan fingerprint density at radius 1 is 1.27 bits per heavy atom. The second kappa shape index (κ2) is 4.39. The van der Waals surface area contributed by atoms with Gasteiger partial charge in [0.25, 0.3) is 0 Å². The summed E-state index contributed by atoms with van der Waals surface area (Å²) in [5, 5.41) is 2.64.